The number of carbonyl (C=O) groups is 2. The van der Waals surface area contributed by atoms with Crippen molar-refractivity contribution >= 4 is 12.0 Å². The van der Waals surface area contributed by atoms with Crippen LogP contribution in [-0.4, -0.2) is 59.6 Å². The zero-order valence-electron chi connectivity index (χ0n) is 18.3. The Morgan fingerprint density at radius 3 is 2.43 bits per heavy atom. The van der Waals surface area contributed by atoms with Gasteiger partial charge in [-0.05, 0) is 70.1 Å². The van der Waals surface area contributed by atoms with Crippen LogP contribution >= 0.6 is 0 Å². The molecule has 0 bridgehead atoms. The van der Waals surface area contributed by atoms with Crippen molar-refractivity contribution in [1.29, 1.82) is 0 Å². The molecule has 3 rings (SSSR count). The molecule has 2 aliphatic rings. The predicted molar refractivity (Wildman–Crippen MR) is 113 cm³/mol. The van der Waals surface area contributed by atoms with Gasteiger partial charge in [0.2, 0.25) is 5.91 Å². The van der Waals surface area contributed by atoms with Gasteiger partial charge in [-0.2, -0.15) is 0 Å². The van der Waals surface area contributed by atoms with E-state index in [9.17, 15) is 14.0 Å². The maximum Gasteiger partial charge on any atom is 0.410 e. The molecular formula is C23H34FN3O3. The molecule has 30 heavy (non-hydrogen) atoms. The molecule has 1 aromatic rings. The van der Waals surface area contributed by atoms with Crippen molar-refractivity contribution in [3.8, 4) is 0 Å². The monoisotopic (exact) mass is 419 g/mol. The number of amides is 2. The number of nitrogens with zero attached hydrogens (tertiary/aromatic N) is 2. The quantitative estimate of drug-likeness (QED) is 0.816. The first-order chi connectivity index (χ1) is 14.1. The number of ether oxygens (including phenoxy) is 1. The highest BCUT2D eigenvalue weighted by molar-refractivity contribution is 5.80. The zero-order chi connectivity index (χ0) is 21.9. The van der Waals surface area contributed by atoms with Crippen molar-refractivity contribution in [2.75, 3.05) is 26.2 Å². The van der Waals surface area contributed by atoms with Crippen LogP contribution in [0, 0.1) is 17.7 Å². The molecule has 2 heterocycles. The van der Waals surface area contributed by atoms with E-state index < -0.39 is 11.6 Å². The zero-order valence-corrected chi connectivity index (χ0v) is 18.3. The summed E-state index contributed by atoms with van der Waals surface area (Å²) in [5.74, 6) is -0.0412. The van der Waals surface area contributed by atoms with Gasteiger partial charge in [0, 0.05) is 32.2 Å². The summed E-state index contributed by atoms with van der Waals surface area (Å²) in [6, 6.07) is 6.21. The van der Waals surface area contributed by atoms with Crippen molar-refractivity contribution < 1.29 is 18.7 Å². The largest absolute Gasteiger partial charge is 0.444 e. The van der Waals surface area contributed by atoms with Crippen LogP contribution in [0.25, 0.3) is 0 Å². The maximum atomic E-state index is 13.2. The van der Waals surface area contributed by atoms with Crippen LogP contribution in [0.15, 0.2) is 24.3 Å². The molecule has 2 saturated heterocycles. The highest BCUT2D eigenvalue weighted by Gasteiger charge is 2.38. The first kappa shape index (κ1) is 22.5. The van der Waals surface area contributed by atoms with E-state index in [0.29, 0.717) is 32.0 Å². The smallest absolute Gasteiger partial charge is 0.410 e. The summed E-state index contributed by atoms with van der Waals surface area (Å²) in [5.41, 5.74) is 6.86. The number of likely N-dealkylation sites (tertiary alicyclic amines) is 2. The van der Waals surface area contributed by atoms with Gasteiger partial charge in [-0.1, -0.05) is 12.1 Å². The van der Waals surface area contributed by atoms with E-state index in [1.54, 1.807) is 4.90 Å². The Morgan fingerprint density at radius 2 is 1.80 bits per heavy atom. The predicted octanol–water partition coefficient (Wildman–Crippen LogP) is 3.19. The van der Waals surface area contributed by atoms with Gasteiger partial charge in [-0.15, -0.1) is 0 Å². The molecule has 0 aromatic heterocycles. The Hall–Kier alpha value is -2.15. The van der Waals surface area contributed by atoms with Crippen LogP contribution in [0.4, 0.5) is 9.18 Å². The van der Waals surface area contributed by atoms with E-state index in [-0.39, 0.29) is 23.7 Å². The summed E-state index contributed by atoms with van der Waals surface area (Å²) in [6.45, 7) is 7.76. The van der Waals surface area contributed by atoms with Crippen molar-refractivity contribution in [2.24, 2.45) is 17.6 Å². The van der Waals surface area contributed by atoms with E-state index in [2.05, 4.69) is 0 Å². The van der Waals surface area contributed by atoms with Crippen molar-refractivity contribution in [3.05, 3.63) is 35.6 Å². The lowest BCUT2D eigenvalue weighted by atomic mass is 9.87. The summed E-state index contributed by atoms with van der Waals surface area (Å²) in [4.78, 5) is 29.0. The van der Waals surface area contributed by atoms with Crippen LogP contribution < -0.4 is 5.73 Å². The van der Waals surface area contributed by atoms with Crippen LogP contribution in [0.3, 0.4) is 0 Å². The molecule has 2 N–H and O–H groups in total. The summed E-state index contributed by atoms with van der Waals surface area (Å²) in [5, 5.41) is 0. The Kier molecular flexibility index (Phi) is 7.01. The Morgan fingerprint density at radius 1 is 1.10 bits per heavy atom. The Labute approximate surface area is 178 Å². The molecule has 2 amide bonds. The van der Waals surface area contributed by atoms with Crippen molar-refractivity contribution in [1.82, 2.24) is 9.80 Å². The number of benzene rings is 1. The Balaban J connectivity index is 1.54. The highest BCUT2D eigenvalue weighted by Crippen LogP contribution is 2.26. The molecule has 7 heteroatoms. The van der Waals surface area contributed by atoms with E-state index in [4.69, 9.17) is 10.5 Å². The van der Waals surface area contributed by atoms with Crippen molar-refractivity contribution in [3.63, 3.8) is 0 Å². The first-order valence-corrected chi connectivity index (χ1v) is 10.9. The molecule has 6 nitrogen and oxygen atoms in total. The molecule has 0 aliphatic carbocycles. The fourth-order valence-electron chi connectivity index (χ4n) is 4.40. The second-order valence-electron chi connectivity index (χ2n) is 9.61. The topological polar surface area (TPSA) is 75.9 Å². The van der Waals surface area contributed by atoms with Crippen LogP contribution in [0.2, 0.25) is 0 Å². The third kappa shape index (κ3) is 5.94. The molecule has 166 valence electrons. The Bertz CT molecular complexity index is 747. The van der Waals surface area contributed by atoms with Crippen LogP contribution in [-0.2, 0) is 16.0 Å². The van der Waals surface area contributed by atoms with Gasteiger partial charge < -0.3 is 20.3 Å². The summed E-state index contributed by atoms with van der Waals surface area (Å²) >= 11 is 0. The fraction of sp³-hybridized carbons (Fsp3) is 0.652. The number of rotatable bonds is 3. The van der Waals surface area contributed by atoms with E-state index >= 15 is 0 Å². The van der Waals surface area contributed by atoms with E-state index in [1.165, 1.54) is 12.1 Å². The minimum atomic E-state index is -0.554. The number of hydrogen-bond acceptors (Lipinski definition) is 4. The maximum absolute atomic E-state index is 13.2. The third-order valence-electron chi connectivity index (χ3n) is 5.90. The lowest BCUT2D eigenvalue weighted by Gasteiger charge is -2.40. The fourth-order valence-corrected chi connectivity index (χ4v) is 4.40. The lowest BCUT2D eigenvalue weighted by molar-refractivity contribution is -0.139. The van der Waals surface area contributed by atoms with Gasteiger partial charge in [0.15, 0.2) is 0 Å². The van der Waals surface area contributed by atoms with Crippen LogP contribution in [0.5, 0.6) is 0 Å². The number of hydrogen-bond donors (Lipinski definition) is 1. The van der Waals surface area contributed by atoms with Gasteiger partial charge in [-0.25, -0.2) is 9.18 Å². The lowest BCUT2D eigenvalue weighted by Crippen LogP contribution is -2.56. The molecule has 3 atom stereocenters. The second-order valence-corrected chi connectivity index (χ2v) is 9.61. The number of piperidine rings is 2. The number of nitrogens with two attached hydrogens (primary N) is 1. The standard InChI is InChI=1S/C23H34FN3O3/c1-23(2,3)30-22(29)27-12-10-19(20(25)15-27)21(28)26-11-4-5-17(14-26)13-16-6-8-18(24)9-7-16/h6-9,17,19-20H,4-5,10-15,25H2,1-3H3. The molecule has 0 radical (unpaired) electrons. The summed E-state index contributed by atoms with van der Waals surface area (Å²) in [6.07, 6.45) is 3.04. The minimum absolute atomic E-state index is 0.0927. The second kappa shape index (κ2) is 9.33. The average Bonchev–Trinajstić information content (AvgIpc) is 2.68. The van der Waals surface area contributed by atoms with E-state index in [0.717, 1.165) is 31.4 Å². The molecule has 2 fully saturated rings. The third-order valence-corrected chi connectivity index (χ3v) is 5.90. The van der Waals surface area contributed by atoms with Gasteiger partial charge in [0.25, 0.3) is 0 Å². The normalized spacial score (nSPS) is 25.2. The average molecular weight is 420 g/mol. The van der Waals surface area contributed by atoms with Crippen LogP contribution in [0.1, 0.15) is 45.6 Å². The van der Waals surface area contributed by atoms with Gasteiger partial charge in [-0.3, -0.25) is 4.79 Å². The molecule has 1 aromatic carbocycles. The highest BCUT2D eigenvalue weighted by atomic mass is 19.1. The molecule has 2 aliphatic heterocycles. The number of carbonyl (C=O) groups excluding carboxylic acids is 2. The van der Waals surface area contributed by atoms with Crippen molar-refractivity contribution in [2.45, 2.75) is 58.1 Å². The first-order valence-electron chi connectivity index (χ1n) is 10.9. The molecular weight excluding hydrogens is 385 g/mol. The van der Waals surface area contributed by atoms with Gasteiger partial charge >= 0.3 is 6.09 Å². The molecule has 0 spiro atoms. The number of halogens is 1. The van der Waals surface area contributed by atoms with Gasteiger partial charge in [0.05, 0.1) is 5.92 Å². The van der Waals surface area contributed by atoms with Gasteiger partial charge in [0.1, 0.15) is 11.4 Å². The minimum Gasteiger partial charge on any atom is -0.444 e. The molecule has 3 unspecified atom stereocenters. The summed E-state index contributed by atoms with van der Waals surface area (Å²) in [7, 11) is 0. The van der Waals surface area contributed by atoms with E-state index in [1.807, 2.05) is 37.8 Å². The summed E-state index contributed by atoms with van der Waals surface area (Å²) < 4.78 is 18.6. The SMILES string of the molecule is CC(C)(C)OC(=O)N1CCC(C(=O)N2CCCC(Cc3ccc(F)cc3)C2)C(N)C1. The molecule has 0 saturated carbocycles.